The number of amides is 1. The lowest BCUT2D eigenvalue weighted by Crippen LogP contribution is -2.38. The number of nitrogens with zero attached hydrogens (tertiary/aromatic N) is 1. The molecule has 0 atom stereocenters. The number of carbonyl (C=O) groups excluding carboxylic acids is 1. The molecule has 0 aromatic heterocycles. The van der Waals surface area contributed by atoms with E-state index in [0.29, 0.717) is 12.5 Å². The molecule has 1 fully saturated rings. The van der Waals surface area contributed by atoms with Crippen LogP contribution >= 0.6 is 0 Å². The number of hydrogen-bond acceptors (Lipinski definition) is 3. The molecule has 1 aromatic rings. The third kappa shape index (κ3) is 3.39. The van der Waals surface area contributed by atoms with Gasteiger partial charge in [-0.2, -0.15) is 0 Å². The molecule has 4 heteroatoms. The third-order valence-corrected chi connectivity index (χ3v) is 3.38. The normalized spacial score (nSPS) is 16.6. The molecule has 1 heterocycles. The molecule has 0 radical (unpaired) electrons. The predicted molar refractivity (Wildman–Crippen MR) is 68.6 cm³/mol. The lowest BCUT2D eigenvalue weighted by Gasteiger charge is -2.31. The van der Waals surface area contributed by atoms with E-state index in [1.807, 2.05) is 4.90 Å². The number of carbonyl (C=O) groups is 1. The van der Waals surface area contributed by atoms with E-state index in [0.717, 1.165) is 31.7 Å². The second kappa shape index (κ2) is 5.76. The van der Waals surface area contributed by atoms with Gasteiger partial charge in [0.25, 0.3) is 0 Å². The van der Waals surface area contributed by atoms with Crippen LogP contribution < -0.4 is 4.74 Å². The van der Waals surface area contributed by atoms with Crippen LogP contribution in [0, 0.1) is 5.92 Å². The summed E-state index contributed by atoms with van der Waals surface area (Å²) in [6, 6.07) is 6.77. The first-order valence-electron chi connectivity index (χ1n) is 6.32. The summed E-state index contributed by atoms with van der Waals surface area (Å²) >= 11 is 0. The average molecular weight is 249 g/mol. The summed E-state index contributed by atoms with van der Waals surface area (Å²) in [6.45, 7) is 3.96. The van der Waals surface area contributed by atoms with E-state index in [4.69, 9.17) is 9.84 Å². The number of hydrogen-bond donors (Lipinski definition) is 1. The van der Waals surface area contributed by atoms with Crippen LogP contribution in [0.4, 0.5) is 0 Å². The highest BCUT2D eigenvalue weighted by Crippen LogP contribution is 2.21. The molecule has 1 saturated heterocycles. The summed E-state index contributed by atoms with van der Waals surface area (Å²) in [5, 5.41) is 9.16. The summed E-state index contributed by atoms with van der Waals surface area (Å²) in [5.41, 5.74) is 0. The van der Waals surface area contributed by atoms with Crippen molar-refractivity contribution in [1.29, 1.82) is 0 Å². The number of aromatic hydroxyl groups is 1. The van der Waals surface area contributed by atoms with Crippen molar-refractivity contribution in [3.05, 3.63) is 24.3 Å². The van der Waals surface area contributed by atoms with Gasteiger partial charge in [-0.15, -0.1) is 0 Å². The average Bonchev–Trinajstić information content (AvgIpc) is 2.38. The maximum absolute atomic E-state index is 11.2. The van der Waals surface area contributed by atoms with Crippen LogP contribution in [0.15, 0.2) is 24.3 Å². The van der Waals surface area contributed by atoms with Crippen molar-refractivity contribution in [2.24, 2.45) is 5.92 Å². The number of likely N-dealkylation sites (tertiary alicyclic amines) is 1. The fourth-order valence-corrected chi connectivity index (χ4v) is 2.17. The lowest BCUT2D eigenvalue weighted by atomic mass is 9.98. The van der Waals surface area contributed by atoms with Gasteiger partial charge in [-0.3, -0.25) is 4.79 Å². The Labute approximate surface area is 107 Å². The van der Waals surface area contributed by atoms with Crippen LogP contribution in [-0.2, 0) is 4.79 Å². The van der Waals surface area contributed by atoms with E-state index >= 15 is 0 Å². The van der Waals surface area contributed by atoms with E-state index in [1.165, 1.54) is 0 Å². The lowest BCUT2D eigenvalue weighted by molar-refractivity contribution is -0.130. The Bertz CT molecular complexity index is 394. The highest BCUT2D eigenvalue weighted by atomic mass is 16.5. The van der Waals surface area contributed by atoms with Crippen molar-refractivity contribution < 1.29 is 14.6 Å². The van der Waals surface area contributed by atoms with E-state index in [1.54, 1.807) is 31.2 Å². The molecule has 1 aliphatic rings. The Morgan fingerprint density at radius 1 is 1.33 bits per heavy atom. The maximum atomic E-state index is 11.2. The molecule has 0 unspecified atom stereocenters. The Morgan fingerprint density at radius 2 is 1.94 bits per heavy atom. The molecular weight excluding hydrogens is 230 g/mol. The fourth-order valence-electron chi connectivity index (χ4n) is 2.17. The monoisotopic (exact) mass is 249 g/mol. The van der Waals surface area contributed by atoms with Crippen molar-refractivity contribution >= 4 is 5.91 Å². The Kier molecular flexibility index (Phi) is 4.07. The topological polar surface area (TPSA) is 49.8 Å². The van der Waals surface area contributed by atoms with Gasteiger partial charge in [-0.25, -0.2) is 0 Å². The van der Waals surface area contributed by atoms with E-state index in [9.17, 15) is 4.79 Å². The van der Waals surface area contributed by atoms with Gasteiger partial charge in [-0.05, 0) is 43.0 Å². The second-order valence-electron chi connectivity index (χ2n) is 4.75. The largest absolute Gasteiger partial charge is 0.508 e. The van der Waals surface area contributed by atoms with Crippen molar-refractivity contribution in [3.8, 4) is 11.5 Å². The highest BCUT2D eigenvalue weighted by Gasteiger charge is 2.20. The predicted octanol–water partition coefficient (Wildman–Crippen LogP) is 2.03. The van der Waals surface area contributed by atoms with Gasteiger partial charge in [0.05, 0.1) is 6.61 Å². The highest BCUT2D eigenvalue weighted by molar-refractivity contribution is 5.73. The standard InChI is InChI=1S/C14H19NO3/c1-11(16)15-8-6-12(7-9-15)10-18-14-4-2-13(17)3-5-14/h2-5,12,17H,6-10H2,1H3. The van der Waals surface area contributed by atoms with Crippen LogP contribution in [-0.4, -0.2) is 35.6 Å². The molecule has 1 N–H and O–H groups in total. The minimum atomic E-state index is 0.160. The van der Waals surface area contributed by atoms with Crippen molar-refractivity contribution in [2.45, 2.75) is 19.8 Å². The van der Waals surface area contributed by atoms with Crippen molar-refractivity contribution in [1.82, 2.24) is 4.90 Å². The van der Waals surface area contributed by atoms with Gasteiger partial charge in [0, 0.05) is 20.0 Å². The molecule has 1 amide bonds. The number of piperidine rings is 1. The van der Waals surface area contributed by atoms with Crippen LogP contribution in [0.25, 0.3) is 0 Å². The molecule has 0 spiro atoms. The summed E-state index contributed by atoms with van der Waals surface area (Å²) in [5.74, 6) is 1.70. The Morgan fingerprint density at radius 3 is 2.50 bits per heavy atom. The smallest absolute Gasteiger partial charge is 0.219 e. The number of ether oxygens (including phenoxy) is 1. The minimum Gasteiger partial charge on any atom is -0.508 e. The fraction of sp³-hybridized carbons (Fsp3) is 0.500. The van der Waals surface area contributed by atoms with E-state index in [2.05, 4.69) is 0 Å². The Hall–Kier alpha value is -1.71. The zero-order valence-electron chi connectivity index (χ0n) is 10.6. The van der Waals surface area contributed by atoms with E-state index in [-0.39, 0.29) is 11.7 Å². The summed E-state index contributed by atoms with van der Waals surface area (Å²) in [4.78, 5) is 13.1. The van der Waals surface area contributed by atoms with Crippen molar-refractivity contribution in [2.75, 3.05) is 19.7 Å². The summed E-state index contributed by atoms with van der Waals surface area (Å²) in [7, 11) is 0. The van der Waals surface area contributed by atoms with Crippen LogP contribution in [0.5, 0.6) is 11.5 Å². The summed E-state index contributed by atoms with van der Waals surface area (Å²) < 4.78 is 5.68. The van der Waals surface area contributed by atoms with Gasteiger partial charge in [0.2, 0.25) is 5.91 Å². The molecule has 0 saturated carbocycles. The van der Waals surface area contributed by atoms with Crippen LogP contribution in [0.1, 0.15) is 19.8 Å². The molecule has 4 nitrogen and oxygen atoms in total. The quantitative estimate of drug-likeness (QED) is 0.891. The molecule has 2 rings (SSSR count). The number of benzene rings is 1. The van der Waals surface area contributed by atoms with Crippen molar-refractivity contribution in [3.63, 3.8) is 0 Å². The zero-order chi connectivity index (χ0) is 13.0. The van der Waals surface area contributed by atoms with Gasteiger partial charge < -0.3 is 14.7 Å². The van der Waals surface area contributed by atoms with Crippen LogP contribution in [0.2, 0.25) is 0 Å². The molecule has 98 valence electrons. The SMILES string of the molecule is CC(=O)N1CCC(COc2ccc(O)cc2)CC1. The van der Waals surface area contributed by atoms with Gasteiger partial charge in [-0.1, -0.05) is 0 Å². The number of phenols is 1. The zero-order valence-corrected chi connectivity index (χ0v) is 10.6. The van der Waals surface area contributed by atoms with E-state index < -0.39 is 0 Å². The molecule has 18 heavy (non-hydrogen) atoms. The first-order valence-corrected chi connectivity index (χ1v) is 6.32. The first-order chi connectivity index (χ1) is 8.65. The van der Waals surface area contributed by atoms with Gasteiger partial charge in [0.1, 0.15) is 11.5 Å². The first kappa shape index (κ1) is 12.7. The second-order valence-corrected chi connectivity index (χ2v) is 4.75. The summed E-state index contributed by atoms with van der Waals surface area (Å²) in [6.07, 6.45) is 2.00. The molecule has 0 aliphatic carbocycles. The number of phenolic OH excluding ortho intramolecular Hbond substituents is 1. The molecule has 1 aromatic carbocycles. The van der Waals surface area contributed by atoms with Crippen LogP contribution in [0.3, 0.4) is 0 Å². The minimum absolute atomic E-state index is 0.160. The molecule has 1 aliphatic heterocycles. The third-order valence-electron chi connectivity index (χ3n) is 3.38. The maximum Gasteiger partial charge on any atom is 0.219 e. The Balaban J connectivity index is 1.75. The molecular formula is C14H19NO3. The van der Waals surface area contributed by atoms with Gasteiger partial charge in [0.15, 0.2) is 0 Å². The van der Waals surface area contributed by atoms with Gasteiger partial charge >= 0.3 is 0 Å². The molecule has 0 bridgehead atoms. The number of rotatable bonds is 3.